The fraction of sp³-hybridized carbons (Fsp3) is 0.167. The number of hydrogen-bond donors (Lipinski definition) is 0. The van der Waals surface area contributed by atoms with Crippen LogP contribution in [0, 0.1) is 0 Å². The highest BCUT2D eigenvalue weighted by Crippen LogP contribution is 2.27. The molecule has 1 aliphatic rings. The Hall–Kier alpha value is -3.20. The smallest absolute Gasteiger partial charge is 0.208 e. The van der Waals surface area contributed by atoms with Gasteiger partial charge in [-0.15, -0.1) is 0 Å². The Kier molecular flexibility index (Phi) is 4.59. The van der Waals surface area contributed by atoms with Crippen LogP contribution in [0.1, 0.15) is 16.7 Å². The number of fused-ring (bicyclic) bond motifs is 1. The number of aliphatic imine (C=N–C) groups is 1. The molecule has 1 aliphatic heterocycles. The third kappa shape index (κ3) is 3.54. The minimum atomic E-state index is 0.967. The highest BCUT2D eigenvalue weighted by molar-refractivity contribution is 6.01. The number of rotatable bonds is 4. The fourth-order valence-corrected chi connectivity index (χ4v) is 3.48. The molecule has 0 bridgehead atoms. The summed E-state index contributed by atoms with van der Waals surface area (Å²) in [5, 5.41) is 0. The van der Waals surface area contributed by atoms with Crippen LogP contribution in [0.15, 0.2) is 77.8 Å². The van der Waals surface area contributed by atoms with Crippen LogP contribution >= 0.6 is 0 Å². The molecule has 0 amide bonds. The number of anilines is 1. The van der Waals surface area contributed by atoms with Crippen molar-refractivity contribution in [3.05, 3.63) is 89.5 Å². The summed E-state index contributed by atoms with van der Waals surface area (Å²) in [5.74, 6) is 0. The first kappa shape index (κ1) is 17.2. The van der Waals surface area contributed by atoms with Crippen molar-refractivity contribution in [1.29, 1.82) is 0 Å². The molecule has 0 aromatic heterocycles. The Bertz CT molecular complexity index is 1010. The molecule has 0 fully saturated rings. The van der Waals surface area contributed by atoms with Crippen LogP contribution in [0.3, 0.4) is 0 Å². The molecule has 0 unspecified atom stereocenters. The molecule has 4 rings (SSSR count). The molecule has 3 nitrogen and oxygen atoms in total. The summed E-state index contributed by atoms with van der Waals surface area (Å²) in [6.45, 7) is 0. The zero-order chi connectivity index (χ0) is 18.8. The van der Waals surface area contributed by atoms with Gasteiger partial charge in [-0.3, -0.25) is 4.99 Å². The average molecular weight is 354 g/mol. The van der Waals surface area contributed by atoms with Crippen LogP contribution < -0.4 is 4.90 Å². The lowest BCUT2D eigenvalue weighted by Crippen LogP contribution is -2.10. The van der Waals surface area contributed by atoms with E-state index in [0.29, 0.717) is 0 Å². The minimum Gasteiger partial charge on any atom is -0.378 e. The summed E-state index contributed by atoms with van der Waals surface area (Å²) < 4.78 is 2.29. The highest BCUT2D eigenvalue weighted by Gasteiger charge is 2.27. The predicted octanol–water partition coefficient (Wildman–Crippen LogP) is 4.82. The summed E-state index contributed by atoms with van der Waals surface area (Å²) in [4.78, 5) is 6.71. The van der Waals surface area contributed by atoms with Gasteiger partial charge in [0.15, 0.2) is 5.71 Å². The summed E-state index contributed by atoms with van der Waals surface area (Å²) in [5.41, 5.74) is 8.54. The Morgan fingerprint density at radius 1 is 0.889 bits per heavy atom. The van der Waals surface area contributed by atoms with Crippen molar-refractivity contribution in [2.75, 3.05) is 26.0 Å². The molecule has 0 aliphatic carbocycles. The second-order valence-electron chi connectivity index (χ2n) is 7.10. The van der Waals surface area contributed by atoms with E-state index in [4.69, 9.17) is 0 Å². The Morgan fingerprint density at radius 2 is 1.59 bits per heavy atom. The van der Waals surface area contributed by atoms with E-state index in [0.717, 1.165) is 17.7 Å². The van der Waals surface area contributed by atoms with Gasteiger partial charge in [0.25, 0.3) is 0 Å². The monoisotopic (exact) mass is 354 g/mol. The molecular formula is C24H24N3+. The first-order valence-electron chi connectivity index (χ1n) is 9.21. The van der Waals surface area contributed by atoms with Crippen LogP contribution in [-0.2, 0) is 6.42 Å². The SMILES string of the molecule is CN(C)c1ccc(C=Nc2ccc(C3=[N+](C)c4ccccc4C3)cc2)cc1. The lowest BCUT2D eigenvalue weighted by molar-refractivity contribution is -0.401. The Labute approximate surface area is 160 Å². The largest absolute Gasteiger partial charge is 0.378 e. The van der Waals surface area contributed by atoms with Crippen molar-refractivity contribution < 1.29 is 4.58 Å². The number of hydrogen-bond acceptors (Lipinski definition) is 2. The van der Waals surface area contributed by atoms with Gasteiger partial charge >= 0.3 is 0 Å². The maximum absolute atomic E-state index is 4.62. The van der Waals surface area contributed by atoms with Gasteiger partial charge in [-0.2, -0.15) is 4.58 Å². The van der Waals surface area contributed by atoms with Gasteiger partial charge in [0.2, 0.25) is 5.69 Å². The van der Waals surface area contributed by atoms with Crippen LogP contribution in [0.2, 0.25) is 0 Å². The van der Waals surface area contributed by atoms with E-state index in [-0.39, 0.29) is 0 Å². The van der Waals surface area contributed by atoms with E-state index in [1.807, 2.05) is 20.3 Å². The zero-order valence-corrected chi connectivity index (χ0v) is 16.1. The van der Waals surface area contributed by atoms with Gasteiger partial charge in [-0.1, -0.05) is 30.3 Å². The molecule has 3 heteroatoms. The summed E-state index contributed by atoms with van der Waals surface area (Å²) in [6, 6.07) is 25.5. The summed E-state index contributed by atoms with van der Waals surface area (Å²) in [7, 11) is 6.23. The van der Waals surface area contributed by atoms with Gasteiger partial charge in [0.1, 0.15) is 7.05 Å². The summed E-state index contributed by atoms with van der Waals surface area (Å²) in [6.07, 6.45) is 2.90. The standard InChI is InChI=1S/C24H24N3/c1-26(2)22-14-8-18(9-15-22)17-25-21-12-10-19(11-13-21)24-16-20-6-4-5-7-23(20)27(24)3/h4-15,17H,16H2,1-3H3/q+1. The minimum absolute atomic E-state index is 0.967. The number of benzene rings is 3. The van der Waals surface area contributed by atoms with E-state index in [2.05, 4.69) is 94.3 Å². The molecule has 0 radical (unpaired) electrons. The first-order valence-corrected chi connectivity index (χ1v) is 9.21. The van der Waals surface area contributed by atoms with Crippen LogP contribution in [0.4, 0.5) is 17.1 Å². The molecule has 0 spiro atoms. The summed E-state index contributed by atoms with van der Waals surface area (Å²) >= 11 is 0. The topological polar surface area (TPSA) is 18.6 Å². The van der Waals surface area contributed by atoms with Crippen LogP contribution in [0.5, 0.6) is 0 Å². The molecule has 0 saturated heterocycles. The lowest BCUT2D eigenvalue weighted by Gasteiger charge is -2.11. The lowest BCUT2D eigenvalue weighted by atomic mass is 10.0. The number of nitrogens with zero attached hydrogens (tertiary/aromatic N) is 3. The van der Waals surface area contributed by atoms with E-state index in [9.17, 15) is 0 Å². The highest BCUT2D eigenvalue weighted by atomic mass is 15.1. The fourth-order valence-electron chi connectivity index (χ4n) is 3.48. The van der Waals surface area contributed by atoms with Crippen molar-refractivity contribution in [2.45, 2.75) is 6.42 Å². The van der Waals surface area contributed by atoms with E-state index < -0.39 is 0 Å². The van der Waals surface area contributed by atoms with Gasteiger partial charge in [-0.25, -0.2) is 0 Å². The second kappa shape index (κ2) is 7.20. The maximum Gasteiger partial charge on any atom is 0.208 e. The van der Waals surface area contributed by atoms with Crippen molar-refractivity contribution in [3.63, 3.8) is 0 Å². The van der Waals surface area contributed by atoms with E-state index >= 15 is 0 Å². The zero-order valence-electron chi connectivity index (χ0n) is 16.1. The molecular weight excluding hydrogens is 330 g/mol. The van der Waals surface area contributed by atoms with Crippen molar-refractivity contribution in [3.8, 4) is 0 Å². The van der Waals surface area contributed by atoms with Gasteiger partial charge < -0.3 is 4.90 Å². The van der Waals surface area contributed by atoms with Crippen LogP contribution in [-0.4, -0.2) is 37.6 Å². The predicted molar refractivity (Wildman–Crippen MR) is 115 cm³/mol. The van der Waals surface area contributed by atoms with E-state index in [1.165, 1.54) is 28.2 Å². The van der Waals surface area contributed by atoms with E-state index in [1.54, 1.807) is 0 Å². The maximum atomic E-state index is 4.62. The molecule has 0 atom stereocenters. The van der Waals surface area contributed by atoms with Gasteiger partial charge in [0.05, 0.1) is 12.1 Å². The quantitative estimate of drug-likeness (QED) is 0.485. The van der Waals surface area contributed by atoms with Crippen molar-refractivity contribution in [2.24, 2.45) is 4.99 Å². The normalized spacial score (nSPS) is 13.3. The Balaban J connectivity index is 1.51. The average Bonchev–Trinajstić information content (AvgIpc) is 3.04. The molecule has 134 valence electrons. The number of para-hydroxylation sites is 1. The molecule has 1 heterocycles. The third-order valence-corrected chi connectivity index (χ3v) is 5.09. The second-order valence-corrected chi connectivity index (χ2v) is 7.10. The molecule has 3 aromatic carbocycles. The molecule has 0 N–H and O–H groups in total. The van der Waals surface area contributed by atoms with Crippen molar-refractivity contribution >= 4 is 29.0 Å². The molecule has 27 heavy (non-hydrogen) atoms. The van der Waals surface area contributed by atoms with Gasteiger partial charge in [-0.05, 0) is 42.0 Å². The van der Waals surface area contributed by atoms with Gasteiger partial charge in [0, 0.05) is 43.2 Å². The molecule has 0 saturated carbocycles. The van der Waals surface area contributed by atoms with Crippen LogP contribution in [0.25, 0.3) is 0 Å². The first-order chi connectivity index (χ1) is 13.1. The molecule has 3 aromatic rings. The Morgan fingerprint density at radius 3 is 2.26 bits per heavy atom. The van der Waals surface area contributed by atoms with Crippen molar-refractivity contribution in [1.82, 2.24) is 0 Å². The third-order valence-electron chi connectivity index (χ3n) is 5.09.